The Morgan fingerprint density at radius 2 is 2.00 bits per heavy atom. The molecule has 0 aromatic carbocycles. The van der Waals surface area contributed by atoms with E-state index in [0.29, 0.717) is 6.04 Å². The summed E-state index contributed by atoms with van der Waals surface area (Å²) < 4.78 is 1.91. The summed E-state index contributed by atoms with van der Waals surface area (Å²) in [6.45, 7) is 6.77. The van der Waals surface area contributed by atoms with E-state index in [0.717, 1.165) is 13.1 Å². The zero-order valence-corrected chi connectivity index (χ0v) is 12.8. The molecule has 1 saturated carbocycles. The molecule has 0 aliphatic heterocycles. The SMILES string of the molecule is CCN(CC)C1(C(NC)c2ccn(C)n2)CCCC1. The van der Waals surface area contributed by atoms with Gasteiger partial charge in [-0.3, -0.25) is 9.58 Å². The van der Waals surface area contributed by atoms with Crippen molar-refractivity contribution in [1.29, 1.82) is 0 Å². The molecular formula is C15H28N4. The van der Waals surface area contributed by atoms with E-state index in [1.165, 1.54) is 31.4 Å². The van der Waals surface area contributed by atoms with E-state index in [-0.39, 0.29) is 5.54 Å². The summed E-state index contributed by atoms with van der Waals surface area (Å²) in [7, 11) is 4.07. The fourth-order valence-corrected chi connectivity index (χ4v) is 3.91. The standard InChI is InChI=1S/C15H28N4/c1-5-19(6-2)15(10-7-8-11-15)14(16-3)13-9-12-18(4)17-13/h9,12,14,16H,5-8,10-11H2,1-4H3. The molecule has 1 aliphatic carbocycles. The first-order valence-electron chi connectivity index (χ1n) is 7.59. The molecule has 2 rings (SSSR count). The van der Waals surface area contributed by atoms with Crippen molar-refractivity contribution in [3.63, 3.8) is 0 Å². The largest absolute Gasteiger partial charge is 0.310 e. The summed E-state index contributed by atoms with van der Waals surface area (Å²) in [4.78, 5) is 2.63. The monoisotopic (exact) mass is 264 g/mol. The maximum Gasteiger partial charge on any atom is 0.0812 e. The second-order valence-corrected chi connectivity index (χ2v) is 5.62. The molecule has 1 N–H and O–H groups in total. The lowest BCUT2D eigenvalue weighted by Crippen LogP contribution is -2.54. The number of aromatic nitrogens is 2. The smallest absolute Gasteiger partial charge is 0.0812 e. The molecule has 4 heteroatoms. The van der Waals surface area contributed by atoms with Crippen molar-refractivity contribution in [1.82, 2.24) is 20.0 Å². The maximum absolute atomic E-state index is 4.65. The lowest BCUT2D eigenvalue weighted by atomic mass is 9.84. The average Bonchev–Trinajstić information content (AvgIpc) is 3.03. The lowest BCUT2D eigenvalue weighted by molar-refractivity contribution is 0.0638. The van der Waals surface area contributed by atoms with Gasteiger partial charge in [-0.15, -0.1) is 0 Å². The van der Waals surface area contributed by atoms with Crippen molar-refractivity contribution < 1.29 is 0 Å². The topological polar surface area (TPSA) is 33.1 Å². The van der Waals surface area contributed by atoms with Crippen LogP contribution in [0.15, 0.2) is 12.3 Å². The molecule has 1 aromatic heterocycles. The summed E-state index contributed by atoms with van der Waals surface area (Å²) in [5, 5.41) is 8.20. The first-order chi connectivity index (χ1) is 9.17. The normalized spacial score (nSPS) is 20.1. The molecule has 1 unspecified atom stereocenters. The van der Waals surface area contributed by atoms with Gasteiger partial charge in [0.05, 0.1) is 11.7 Å². The number of nitrogens with zero attached hydrogens (tertiary/aromatic N) is 3. The van der Waals surface area contributed by atoms with Crippen LogP contribution in [0.5, 0.6) is 0 Å². The summed E-state index contributed by atoms with van der Waals surface area (Å²) in [5.41, 5.74) is 1.42. The van der Waals surface area contributed by atoms with Crippen LogP contribution >= 0.6 is 0 Å². The molecule has 1 aliphatic rings. The molecule has 1 fully saturated rings. The molecule has 1 heterocycles. The number of likely N-dealkylation sites (N-methyl/N-ethyl adjacent to an activating group) is 2. The Bertz CT molecular complexity index is 389. The molecule has 108 valence electrons. The van der Waals surface area contributed by atoms with Gasteiger partial charge in [0.2, 0.25) is 0 Å². The van der Waals surface area contributed by atoms with Crippen LogP contribution in [-0.2, 0) is 7.05 Å². The van der Waals surface area contributed by atoms with E-state index in [2.05, 4.69) is 42.3 Å². The number of rotatable bonds is 6. The second-order valence-electron chi connectivity index (χ2n) is 5.62. The van der Waals surface area contributed by atoms with Gasteiger partial charge < -0.3 is 5.32 Å². The third-order valence-corrected chi connectivity index (χ3v) is 4.72. The van der Waals surface area contributed by atoms with E-state index in [4.69, 9.17) is 0 Å². The highest BCUT2D eigenvalue weighted by Gasteiger charge is 2.45. The molecular weight excluding hydrogens is 236 g/mol. The molecule has 19 heavy (non-hydrogen) atoms. The first kappa shape index (κ1) is 14.5. The first-order valence-corrected chi connectivity index (χ1v) is 7.59. The predicted molar refractivity (Wildman–Crippen MR) is 79.1 cm³/mol. The Morgan fingerprint density at radius 1 is 1.37 bits per heavy atom. The third kappa shape index (κ3) is 2.56. The molecule has 0 amide bonds. The Kier molecular flexibility index (Phi) is 4.63. The molecule has 1 atom stereocenters. The van der Waals surface area contributed by atoms with Gasteiger partial charge in [0.25, 0.3) is 0 Å². The minimum absolute atomic E-state index is 0.243. The van der Waals surface area contributed by atoms with Gasteiger partial charge >= 0.3 is 0 Å². The van der Waals surface area contributed by atoms with Crippen molar-refractivity contribution in [2.75, 3.05) is 20.1 Å². The van der Waals surface area contributed by atoms with Gasteiger partial charge in [0.15, 0.2) is 0 Å². The molecule has 0 bridgehead atoms. The van der Waals surface area contributed by atoms with Crippen LogP contribution in [-0.4, -0.2) is 40.4 Å². The van der Waals surface area contributed by atoms with Gasteiger partial charge in [-0.1, -0.05) is 26.7 Å². The van der Waals surface area contributed by atoms with Crippen LogP contribution in [0.1, 0.15) is 51.3 Å². The van der Waals surface area contributed by atoms with Crippen LogP contribution in [0.25, 0.3) is 0 Å². The Hall–Kier alpha value is -0.870. The third-order valence-electron chi connectivity index (χ3n) is 4.72. The van der Waals surface area contributed by atoms with Crippen molar-refractivity contribution in [2.24, 2.45) is 7.05 Å². The number of nitrogens with one attached hydrogen (secondary N) is 1. The quantitative estimate of drug-likeness (QED) is 0.856. The molecule has 4 nitrogen and oxygen atoms in total. The van der Waals surface area contributed by atoms with Gasteiger partial charge in [-0.2, -0.15) is 5.10 Å². The van der Waals surface area contributed by atoms with Gasteiger partial charge in [-0.05, 0) is 39.0 Å². The van der Waals surface area contributed by atoms with Crippen LogP contribution in [0.4, 0.5) is 0 Å². The molecule has 1 aromatic rings. The number of hydrogen-bond acceptors (Lipinski definition) is 3. The van der Waals surface area contributed by atoms with Gasteiger partial charge in [0, 0.05) is 18.8 Å². The molecule has 0 saturated heterocycles. The highest BCUT2D eigenvalue weighted by Crippen LogP contribution is 2.43. The number of hydrogen-bond donors (Lipinski definition) is 1. The second kappa shape index (κ2) is 6.06. The minimum Gasteiger partial charge on any atom is -0.310 e. The lowest BCUT2D eigenvalue weighted by Gasteiger charge is -2.45. The van der Waals surface area contributed by atoms with Crippen molar-refractivity contribution in [3.05, 3.63) is 18.0 Å². The van der Waals surface area contributed by atoms with Crippen molar-refractivity contribution in [2.45, 2.75) is 51.1 Å². The summed E-state index contributed by atoms with van der Waals surface area (Å²) in [6.07, 6.45) is 7.26. The van der Waals surface area contributed by atoms with Crippen molar-refractivity contribution in [3.8, 4) is 0 Å². The van der Waals surface area contributed by atoms with E-state index in [1.54, 1.807) is 0 Å². The van der Waals surface area contributed by atoms with Crippen LogP contribution in [0.3, 0.4) is 0 Å². The fraction of sp³-hybridized carbons (Fsp3) is 0.800. The summed E-state index contributed by atoms with van der Waals surface area (Å²) in [6, 6.07) is 2.49. The maximum atomic E-state index is 4.65. The Balaban J connectivity index is 2.35. The van der Waals surface area contributed by atoms with E-state index >= 15 is 0 Å². The number of aryl methyl sites for hydroxylation is 1. The van der Waals surface area contributed by atoms with E-state index in [1.807, 2.05) is 17.9 Å². The highest BCUT2D eigenvalue weighted by molar-refractivity contribution is 5.16. The van der Waals surface area contributed by atoms with Gasteiger partial charge in [-0.25, -0.2) is 0 Å². The van der Waals surface area contributed by atoms with Crippen molar-refractivity contribution >= 4 is 0 Å². The molecule has 0 spiro atoms. The summed E-state index contributed by atoms with van der Waals surface area (Å²) >= 11 is 0. The highest BCUT2D eigenvalue weighted by atomic mass is 15.3. The zero-order chi connectivity index (χ0) is 13.9. The van der Waals surface area contributed by atoms with Crippen LogP contribution in [0.2, 0.25) is 0 Å². The van der Waals surface area contributed by atoms with E-state index in [9.17, 15) is 0 Å². The van der Waals surface area contributed by atoms with Crippen LogP contribution < -0.4 is 5.32 Å². The minimum atomic E-state index is 0.243. The van der Waals surface area contributed by atoms with Crippen LogP contribution in [0, 0.1) is 0 Å². The average molecular weight is 264 g/mol. The zero-order valence-electron chi connectivity index (χ0n) is 12.8. The summed E-state index contributed by atoms with van der Waals surface area (Å²) in [5.74, 6) is 0. The fourth-order valence-electron chi connectivity index (χ4n) is 3.91. The van der Waals surface area contributed by atoms with Gasteiger partial charge in [0.1, 0.15) is 0 Å². The predicted octanol–water partition coefficient (Wildman–Crippen LogP) is 2.34. The Labute approximate surface area is 117 Å². The van der Waals surface area contributed by atoms with E-state index < -0.39 is 0 Å². The Morgan fingerprint density at radius 3 is 2.42 bits per heavy atom. The molecule has 0 radical (unpaired) electrons.